The van der Waals surface area contributed by atoms with Crippen LogP contribution in [0.25, 0.3) is 6.08 Å². The average Bonchev–Trinajstić information content (AvgIpc) is 2.16. The second kappa shape index (κ2) is 6.23. The van der Waals surface area contributed by atoms with Gasteiger partial charge in [0, 0.05) is 6.07 Å². The molecule has 0 aromatic carbocycles. The van der Waals surface area contributed by atoms with Crippen LogP contribution in [-0.2, 0) is 0 Å². The molecule has 1 aromatic rings. The zero-order chi connectivity index (χ0) is 11.1. The molecule has 0 atom stereocenters. The van der Waals surface area contributed by atoms with Crippen molar-refractivity contribution < 1.29 is 4.42 Å². The van der Waals surface area contributed by atoms with Crippen LogP contribution in [0.5, 0.6) is 0 Å². The minimum atomic E-state index is -0.275. The van der Waals surface area contributed by atoms with Gasteiger partial charge in [-0.3, -0.25) is 0 Å². The molecule has 15 heavy (non-hydrogen) atoms. The van der Waals surface area contributed by atoms with Gasteiger partial charge in [-0.2, -0.15) is 0 Å². The molecule has 0 aliphatic heterocycles. The van der Waals surface area contributed by atoms with Gasteiger partial charge in [0.1, 0.15) is 5.76 Å². The van der Waals surface area contributed by atoms with E-state index >= 15 is 0 Å². The van der Waals surface area contributed by atoms with Gasteiger partial charge in [-0.1, -0.05) is 31.9 Å². The zero-order valence-electron chi connectivity index (χ0n) is 9.45. The summed E-state index contributed by atoms with van der Waals surface area (Å²) in [7, 11) is 0. The number of hydrogen-bond acceptors (Lipinski definition) is 2. The van der Waals surface area contributed by atoms with Crippen LogP contribution in [0.15, 0.2) is 27.4 Å². The van der Waals surface area contributed by atoms with Crippen LogP contribution in [0.3, 0.4) is 0 Å². The summed E-state index contributed by atoms with van der Waals surface area (Å²) in [5.41, 5.74) is 0.656. The number of rotatable bonds is 5. The van der Waals surface area contributed by atoms with Crippen molar-refractivity contribution in [1.82, 2.24) is 0 Å². The van der Waals surface area contributed by atoms with E-state index in [1.807, 2.05) is 12.1 Å². The first-order valence-electron chi connectivity index (χ1n) is 5.50. The molecule has 0 aliphatic rings. The summed E-state index contributed by atoms with van der Waals surface area (Å²) in [6.07, 6.45) is 8.90. The molecular formula is C13H18O2. The Bertz CT molecular complexity index is 374. The summed E-state index contributed by atoms with van der Waals surface area (Å²) in [6, 6.07) is 3.39. The first-order chi connectivity index (χ1) is 7.22. The number of hydrogen-bond donors (Lipinski definition) is 0. The minimum Gasteiger partial charge on any atom is -0.428 e. The fourth-order valence-electron chi connectivity index (χ4n) is 1.46. The van der Waals surface area contributed by atoms with Crippen LogP contribution in [-0.4, -0.2) is 0 Å². The van der Waals surface area contributed by atoms with Crippen LogP contribution in [0.4, 0.5) is 0 Å². The Labute approximate surface area is 90.6 Å². The minimum absolute atomic E-state index is 0.275. The average molecular weight is 206 g/mol. The molecule has 2 nitrogen and oxygen atoms in total. The van der Waals surface area contributed by atoms with E-state index in [4.69, 9.17) is 4.42 Å². The van der Waals surface area contributed by atoms with E-state index in [2.05, 4.69) is 13.0 Å². The highest BCUT2D eigenvalue weighted by molar-refractivity contribution is 5.48. The van der Waals surface area contributed by atoms with Crippen LogP contribution in [0, 0.1) is 6.92 Å². The van der Waals surface area contributed by atoms with Crippen molar-refractivity contribution in [1.29, 1.82) is 0 Å². The topological polar surface area (TPSA) is 30.2 Å². The maximum Gasteiger partial charge on any atom is 0.336 e. The first-order valence-corrected chi connectivity index (χ1v) is 5.50. The van der Waals surface area contributed by atoms with Crippen LogP contribution >= 0.6 is 0 Å². The first kappa shape index (κ1) is 11.8. The SMILES string of the molecule is CCCCC/C=C/c1cc(C)oc(=O)c1. The molecule has 0 saturated heterocycles. The summed E-state index contributed by atoms with van der Waals surface area (Å²) in [4.78, 5) is 11.0. The fraction of sp³-hybridized carbons (Fsp3) is 0.462. The van der Waals surface area contributed by atoms with E-state index < -0.39 is 0 Å². The molecule has 1 rings (SSSR count). The van der Waals surface area contributed by atoms with Crippen molar-refractivity contribution >= 4 is 6.08 Å². The largest absolute Gasteiger partial charge is 0.428 e. The third-order valence-electron chi connectivity index (χ3n) is 2.20. The molecule has 0 unspecified atom stereocenters. The van der Waals surface area contributed by atoms with Crippen LogP contribution in [0.2, 0.25) is 0 Å². The summed E-state index contributed by atoms with van der Waals surface area (Å²) in [5, 5.41) is 0. The smallest absolute Gasteiger partial charge is 0.336 e. The van der Waals surface area contributed by atoms with Gasteiger partial charge in [-0.05, 0) is 31.4 Å². The third-order valence-corrected chi connectivity index (χ3v) is 2.20. The number of aryl methyl sites for hydroxylation is 1. The zero-order valence-corrected chi connectivity index (χ0v) is 9.45. The second-order valence-electron chi connectivity index (χ2n) is 3.72. The molecule has 1 heterocycles. The molecule has 2 heteroatoms. The molecule has 0 amide bonds. The summed E-state index contributed by atoms with van der Waals surface area (Å²) < 4.78 is 4.87. The molecule has 0 spiro atoms. The van der Waals surface area contributed by atoms with Gasteiger partial charge in [-0.15, -0.1) is 0 Å². The van der Waals surface area contributed by atoms with Crippen molar-refractivity contribution in [2.45, 2.75) is 39.5 Å². The van der Waals surface area contributed by atoms with Gasteiger partial charge in [-0.25, -0.2) is 4.79 Å². The Morgan fingerprint density at radius 3 is 2.80 bits per heavy atom. The van der Waals surface area contributed by atoms with E-state index in [0.29, 0.717) is 5.76 Å². The van der Waals surface area contributed by atoms with Crippen molar-refractivity contribution in [3.05, 3.63) is 40.0 Å². The van der Waals surface area contributed by atoms with E-state index in [9.17, 15) is 4.79 Å². The van der Waals surface area contributed by atoms with E-state index in [1.165, 1.54) is 25.3 Å². The monoisotopic (exact) mass is 206 g/mol. The lowest BCUT2D eigenvalue weighted by Gasteiger charge is -1.95. The highest BCUT2D eigenvalue weighted by Gasteiger charge is 1.93. The maximum absolute atomic E-state index is 11.0. The van der Waals surface area contributed by atoms with Crippen molar-refractivity contribution in [3.63, 3.8) is 0 Å². The van der Waals surface area contributed by atoms with Gasteiger partial charge < -0.3 is 4.42 Å². The molecular weight excluding hydrogens is 188 g/mol. The van der Waals surface area contributed by atoms with Crippen LogP contribution in [0.1, 0.15) is 43.9 Å². The second-order valence-corrected chi connectivity index (χ2v) is 3.72. The van der Waals surface area contributed by atoms with E-state index in [1.54, 1.807) is 6.92 Å². The van der Waals surface area contributed by atoms with Crippen molar-refractivity contribution in [3.8, 4) is 0 Å². The molecule has 0 saturated carbocycles. The Morgan fingerprint density at radius 1 is 1.33 bits per heavy atom. The standard InChI is InChI=1S/C13H18O2/c1-3-4-5-6-7-8-12-9-11(2)15-13(14)10-12/h7-10H,3-6H2,1-2H3/b8-7+. The van der Waals surface area contributed by atoms with Gasteiger partial charge >= 0.3 is 5.63 Å². The van der Waals surface area contributed by atoms with Crippen molar-refractivity contribution in [2.24, 2.45) is 0 Å². The van der Waals surface area contributed by atoms with Crippen molar-refractivity contribution in [2.75, 3.05) is 0 Å². The lowest BCUT2D eigenvalue weighted by molar-refractivity contribution is 0.480. The molecule has 0 radical (unpaired) electrons. The maximum atomic E-state index is 11.0. The Morgan fingerprint density at radius 2 is 2.13 bits per heavy atom. The molecule has 0 bridgehead atoms. The summed E-state index contributed by atoms with van der Waals surface area (Å²) >= 11 is 0. The van der Waals surface area contributed by atoms with Gasteiger partial charge in [0.05, 0.1) is 0 Å². The molecule has 1 aromatic heterocycles. The van der Waals surface area contributed by atoms with Crippen LogP contribution < -0.4 is 5.63 Å². The Hall–Kier alpha value is -1.31. The Balaban J connectivity index is 2.53. The van der Waals surface area contributed by atoms with E-state index in [-0.39, 0.29) is 5.63 Å². The fourth-order valence-corrected chi connectivity index (χ4v) is 1.46. The Kier molecular flexibility index (Phi) is 4.88. The predicted molar refractivity (Wildman–Crippen MR) is 62.9 cm³/mol. The quantitative estimate of drug-likeness (QED) is 0.690. The van der Waals surface area contributed by atoms with E-state index in [0.717, 1.165) is 12.0 Å². The third kappa shape index (κ3) is 4.63. The van der Waals surface area contributed by atoms with Gasteiger partial charge in [0.25, 0.3) is 0 Å². The molecule has 0 aliphatic carbocycles. The summed E-state index contributed by atoms with van der Waals surface area (Å²) in [5.74, 6) is 0.663. The lowest BCUT2D eigenvalue weighted by Crippen LogP contribution is -1.97. The van der Waals surface area contributed by atoms with Gasteiger partial charge in [0.15, 0.2) is 0 Å². The highest BCUT2D eigenvalue weighted by Crippen LogP contribution is 2.05. The molecule has 0 fully saturated rings. The highest BCUT2D eigenvalue weighted by atomic mass is 16.4. The summed E-state index contributed by atoms with van der Waals surface area (Å²) in [6.45, 7) is 3.98. The molecule has 0 N–H and O–H groups in total. The predicted octanol–water partition coefficient (Wildman–Crippen LogP) is 3.54. The number of unbranched alkanes of at least 4 members (excludes halogenated alkanes) is 3. The van der Waals surface area contributed by atoms with Gasteiger partial charge in [0.2, 0.25) is 0 Å². The normalized spacial score (nSPS) is 11.1. The molecule has 82 valence electrons. The lowest BCUT2D eigenvalue weighted by atomic mass is 10.1. The number of allylic oxidation sites excluding steroid dienone is 1.